The lowest BCUT2D eigenvalue weighted by molar-refractivity contribution is 0.0173. The fourth-order valence-corrected chi connectivity index (χ4v) is 4.31. The smallest absolute Gasteiger partial charge is 0.332 e. The summed E-state index contributed by atoms with van der Waals surface area (Å²) < 4.78 is 42.6. The molecule has 0 saturated heterocycles. The van der Waals surface area contributed by atoms with Gasteiger partial charge in [0.2, 0.25) is 0 Å². The van der Waals surface area contributed by atoms with Gasteiger partial charge in [0.1, 0.15) is 19.0 Å². The highest BCUT2D eigenvalue weighted by atomic mass is 35.5. The average Bonchev–Trinajstić information content (AvgIpc) is 3.23. The molecule has 9 nitrogen and oxygen atoms in total. The Morgan fingerprint density at radius 2 is 1.71 bits per heavy atom. The minimum absolute atomic E-state index is 0.0335. The summed E-state index contributed by atoms with van der Waals surface area (Å²) >= 11 is 11.9. The number of alkyl halides is 2. The number of ether oxygens (including phenoxy) is 2. The second kappa shape index (κ2) is 11.1. The van der Waals surface area contributed by atoms with Crippen molar-refractivity contribution >= 4 is 34.4 Å². The number of halogens is 4. The Morgan fingerprint density at radius 3 is 2.37 bits per heavy atom. The molecule has 2 aromatic carbocycles. The summed E-state index contributed by atoms with van der Waals surface area (Å²) in [6.45, 7) is 0.245. The maximum absolute atomic E-state index is 13.8. The van der Waals surface area contributed by atoms with Crippen LogP contribution in [0.25, 0.3) is 11.2 Å². The Balaban J connectivity index is 1.64. The summed E-state index contributed by atoms with van der Waals surface area (Å²) in [4.78, 5) is 30.3. The molecular formula is C25H24Cl2F2N4O5. The maximum Gasteiger partial charge on any atom is 0.332 e. The lowest BCUT2D eigenvalue weighted by Gasteiger charge is -2.15. The number of fused-ring (bicyclic) bond motifs is 1. The van der Waals surface area contributed by atoms with Crippen molar-refractivity contribution in [2.75, 3.05) is 19.8 Å². The van der Waals surface area contributed by atoms with Crippen LogP contribution in [0, 0.1) is 0 Å². The van der Waals surface area contributed by atoms with Gasteiger partial charge in [-0.3, -0.25) is 18.5 Å². The van der Waals surface area contributed by atoms with E-state index in [4.69, 9.17) is 32.7 Å². The molecule has 0 aliphatic rings. The highest BCUT2D eigenvalue weighted by Gasteiger charge is 2.28. The third-order valence-electron chi connectivity index (χ3n) is 5.77. The lowest BCUT2D eigenvalue weighted by Crippen LogP contribution is -2.40. The fourth-order valence-electron chi connectivity index (χ4n) is 3.90. The largest absolute Gasteiger partial charge is 0.490 e. The molecule has 38 heavy (non-hydrogen) atoms. The third-order valence-corrected chi connectivity index (χ3v) is 6.35. The molecule has 0 aliphatic carbocycles. The number of aliphatic hydroxyl groups is 1. The van der Waals surface area contributed by atoms with Gasteiger partial charge in [0.05, 0.1) is 19.7 Å². The molecular weight excluding hydrogens is 545 g/mol. The van der Waals surface area contributed by atoms with Gasteiger partial charge in [-0.05, 0) is 35.9 Å². The van der Waals surface area contributed by atoms with Crippen LogP contribution >= 0.6 is 23.2 Å². The quantitative estimate of drug-likeness (QED) is 0.292. The van der Waals surface area contributed by atoms with Crippen LogP contribution in [0.15, 0.2) is 52.1 Å². The molecule has 4 rings (SSSR count). The van der Waals surface area contributed by atoms with Crippen molar-refractivity contribution in [3.63, 3.8) is 0 Å². The molecule has 2 heterocycles. The van der Waals surface area contributed by atoms with E-state index in [2.05, 4.69) is 4.98 Å². The molecule has 0 aliphatic heterocycles. The first-order chi connectivity index (χ1) is 18.0. The Hall–Kier alpha value is -3.41. The number of aryl methyl sites for hydroxylation is 1. The number of imidazole rings is 1. The zero-order valence-corrected chi connectivity index (χ0v) is 22.0. The summed E-state index contributed by atoms with van der Waals surface area (Å²) in [5.41, 5.74) is -0.619. The van der Waals surface area contributed by atoms with Gasteiger partial charge in [-0.2, -0.15) is 4.98 Å². The number of aromatic nitrogens is 4. The summed E-state index contributed by atoms with van der Waals surface area (Å²) in [5, 5.41) is 9.82. The second-order valence-corrected chi connectivity index (χ2v) is 9.37. The molecule has 0 saturated carbocycles. The predicted molar refractivity (Wildman–Crippen MR) is 139 cm³/mol. The fraction of sp³-hybridized carbons (Fsp3) is 0.320. The van der Waals surface area contributed by atoms with Gasteiger partial charge in [-0.25, -0.2) is 13.6 Å². The van der Waals surface area contributed by atoms with Crippen molar-refractivity contribution in [1.29, 1.82) is 0 Å². The number of rotatable bonds is 10. The number of nitrogens with zero attached hydrogens (tertiary/aromatic N) is 4. The molecule has 0 spiro atoms. The van der Waals surface area contributed by atoms with Crippen LogP contribution in [0.5, 0.6) is 11.8 Å². The Morgan fingerprint density at radius 1 is 1.03 bits per heavy atom. The molecule has 0 amide bonds. The minimum Gasteiger partial charge on any atom is -0.490 e. The molecule has 1 N–H and O–H groups in total. The number of benzene rings is 2. The SMILES string of the molecule is Cn1c(=O)n(CCO)c(=O)c2c1nc(OCCOc1ccc(Cl)c(C(C)(F)F)c1)n2Cc1ccc(Cl)cc1. The molecule has 13 heteroatoms. The van der Waals surface area contributed by atoms with E-state index in [-0.39, 0.29) is 59.8 Å². The van der Waals surface area contributed by atoms with Crippen molar-refractivity contribution in [2.45, 2.75) is 25.9 Å². The van der Waals surface area contributed by atoms with Gasteiger partial charge >= 0.3 is 5.69 Å². The summed E-state index contributed by atoms with van der Waals surface area (Å²) in [6.07, 6.45) is 0. The molecule has 0 unspecified atom stereocenters. The second-order valence-electron chi connectivity index (χ2n) is 8.53. The predicted octanol–water partition coefficient (Wildman–Crippen LogP) is 3.81. The molecule has 202 valence electrons. The number of hydrogen-bond acceptors (Lipinski definition) is 6. The van der Waals surface area contributed by atoms with Gasteiger partial charge in [0, 0.05) is 29.6 Å². The first-order valence-corrected chi connectivity index (χ1v) is 12.3. The van der Waals surface area contributed by atoms with Gasteiger partial charge in [0.15, 0.2) is 11.2 Å². The van der Waals surface area contributed by atoms with Crippen LogP contribution in [0.3, 0.4) is 0 Å². The first-order valence-electron chi connectivity index (χ1n) is 11.5. The number of aliphatic hydroxyl groups excluding tert-OH is 1. The highest BCUT2D eigenvalue weighted by Crippen LogP contribution is 2.35. The van der Waals surface area contributed by atoms with E-state index < -0.39 is 23.8 Å². The van der Waals surface area contributed by atoms with E-state index in [1.807, 2.05) is 0 Å². The van der Waals surface area contributed by atoms with Gasteiger partial charge in [-0.15, -0.1) is 0 Å². The standard InChI is InChI=1S/C25H24Cl2F2N4O5/c1-25(28,29)18-13-17(7-8-19(18)27)37-11-12-38-23-30-21-20(22(35)32(9-10-34)24(36)31(21)2)33(23)14-15-3-5-16(26)6-4-15/h3-8,13,34H,9-12,14H2,1-2H3. The van der Waals surface area contributed by atoms with Crippen molar-refractivity contribution in [2.24, 2.45) is 7.05 Å². The molecule has 0 atom stereocenters. The van der Waals surface area contributed by atoms with Crippen molar-refractivity contribution in [3.05, 3.63) is 84.5 Å². The molecule has 0 bridgehead atoms. The van der Waals surface area contributed by atoms with Crippen molar-refractivity contribution in [1.82, 2.24) is 18.7 Å². The van der Waals surface area contributed by atoms with Crippen LogP contribution in [-0.4, -0.2) is 43.6 Å². The van der Waals surface area contributed by atoms with Gasteiger partial charge in [-0.1, -0.05) is 35.3 Å². The van der Waals surface area contributed by atoms with E-state index in [1.165, 1.54) is 28.3 Å². The van der Waals surface area contributed by atoms with Crippen LogP contribution in [-0.2, 0) is 26.1 Å². The molecule has 2 aromatic heterocycles. The van der Waals surface area contributed by atoms with Crippen LogP contribution in [0.1, 0.15) is 18.1 Å². The van der Waals surface area contributed by atoms with E-state index in [0.717, 1.165) is 23.1 Å². The average molecular weight is 569 g/mol. The highest BCUT2D eigenvalue weighted by molar-refractivity contribution is 6.31. The summed E-state index contributed by atoms with van der Waals surface area (Å²) in [7, 11) is 1.46. The summed E-state index contributed by atoms with van der Waals surface area (Å²) in [5.74, 6) is -2.96. The van der Waals surface area contributed by atoms with Crippen molar-refractivity contribution < 1.29 is 23.4 Å². The van der Waals surface area contributed by atoms with E-state index >= 15 is 0 Å². The Bertz CT molecular complexity index is 1580. The van der Waals surface area contributed by atoms with Gasteiger partial charge in [0.25, 0.3) is 17.5 Å². The minimum atomic E-state index is -3.14. The van der Waals surface area contributed by atoms with E-state index in [0.29, 0.717) is 5.02 Å². The van der Waals surface area contributed by atoms with Crippen LogP contribution in [0.2, 0.25) is 10.0 Å². The number of hydrogen-bond donors (Lipinski definition) is 1. The third kappa shape index (κ3) is 5.69. The lowest BCUT2D eigenvalue weighted by atomic mass is 10.1. The van der Waals surface area contributed by atoms with Crippen LogP contribution < -0.4 is 20.7 Å². The maximum atomic E-state index is 13.8. The zero-order valence-electron chi connectivity index (χ0n) is 20.5. The Kier molecular flexibility index (Phi) is 8.10. The zero-order chi connectivity index (χ0) is 27.6. The summed E-state index contributed by atoms with van der Waals surface area (Å²) in [6, 6.07) is 10.9. The van der Waals surface area contributed by atoms with Crippen molar-refractivity contribution in [3.8, 4) is 11.8 Å². The molecule has 0 fully saturated rings. The normalized spacial score (nSPS) is 11.8. The molecule has 0 radical (unpaired) electrons. The van der Waals surface area contributed by atoms with E-state index in [1.54, 1.807) is 24.3 Å². The van der Waals surface area contributed by atoms with Crippen LogP contribution in [0.4, 0.5) is 8.78 Å². The van der Waals surface area contributed by atoms with E-state index in [9.17, 15) is 23.5 Å². The van der Waals surface area contributed by atoms with Gasteiger partial charge < -0.3 is 14.6 Å². The first kappa shape index (κ1) is 27.6. The Labute approximate surface area is 225 Å². The monoisotopic (exact) mass is 568 g/mol. The topological polar surface area (TPSA) is 101 Å². The molecule has 4 aromatic rings.